The number of carboxylic acid groups (broad SMARTS) is 1. The van der Waals surface area contributed by atoms with Gasteiger partial charge in [0.15, 0.2) is 0 Å². The van der Waals surface area contributed by atoms with Crippen LogP contribution in [-0.4, -0.2) is 58.4 Å². The van der Waals surface area contributed by atoms with Crippen molar-refractivity contribution in [3.8, 4) is 0 Å². The van der Waals surface area contributed by atoms with Crippen LogP contribution in [0.25, 0.3) is 0 Å². The summed E-state index contributed by atoms with van der Waals surface area (Å²) in [6, 6.07) is 4.74. The smallest absolute Gasteiger partial charge is 0.323 e. The van der Waals surface area contributed by atoms with Gasteiger partial charge in [0.05, 0.1) is 16.0 Å². The Morgan fingerprint density at radius 1 is 1.15 bits per heavy atom. The van der Waals surface area contributed by atoms with Crippen molar-refractivity contribution < 1.29 is 19.5 Å². The van der Waals surface area contributed by atoms with Crippen molar-refractivity contribution >= 4 is 41.0 Å². The molecule has 1 unspecified atom stereocenters. The van der Waals surface area contributed by atoms with Crippen LogP contribution in [0.5, 0.6) is 0 Å². The Kier molecular flexibility index (Phi) is 5.73. The summed E-state index contributed by atoms with van der Waals surface area (Å²) in [6.07, 6.45) is 3.05. The highest BCUT2D eigenvalue weighted by Crippen LogP contribution is 2.30. The highest BCUT2D eigenvalue weighted by Gasteiger charge is 2.39. The molecule has 2 aliphatic rings. The Morgan fingerprint density at radius 3 is 2.50 bits per heavy atom. The largest absolute Gasteiger partial charge is 0.480 e. The molecule has 0 bridgehead atoms. The van der Waals surface area contributed by atoms with E-state index in [2.05, 4.69) is 0 Å². The lowest BCUT2D eigenvalue weighted by atomic mass is 9.95. The number of benzene rings is 1. The summed E-state index contributed by atoms with van der Waals surface area (Å²) in [7, 11) is 0. The first-order valence-electron chi connectivity index (χ1n) is 8.63. The first-order valence-corrected chi connectivity index (χ1v) is 9.39. The Balaban J connectivity index is 1.69. The number of piperidine rings is 1. The zero-order chi connectivity index (χ0) is 18.8. The average molecular weight is 399 g/mol. The lowest BCUT2D eigenvalue weighted by molar-refractivity contribution is -0.147. The van der Waals surface area contributed by atoms with Gasteiger partial charge in [-0.2, -0.15) is 0 Å². The number of hydrogen-bond acceptors (Lipinski definition) is 3. The van der Waals surface area contributed by atoms with E-state index in [-0.39, 0.29) is 30.3 Å². The maximum atomic E-state index is 12.8. The van der Waals surface area contributed by atoms with Crippen LogP contribution in [0.1, 0.15) is 36.0 Å². The van der Waals surface area contributed by atoms with Gasteiger partial charge in [0.1, 0.15) is 6.54 Å². The average Bonchev–Trinajstić information content (AvgIpc) is 3.46. The van der Waals surface area contributed by atoms with Crippen LogP contribution in [0.15, 0.2) is 18.2 Å². The zero-order valence-corrected chi connectivity index (χ0v) is 15.7. The third-order valence-corrected chi connectivity index (χ3v) is 5.54. The van der Waals surface area contributed by atoms with Crippen LogP contribution in [0, 0.1) is 5.92 Å². The van der Waals surface area contributed by atoms with Gasteiger partial charge in [0.2, 0.25) is 5.91 Å². The number of likely N-dealkylation sites (tertiary alicyclic amines) is 1. The molecule has 2 fully saturated rings. The van der Waals surface area contributed by atoms with Gasteiger partial charge >= 0.3 is 5.97 Å². The molecule has 26 heavy (non-hydrogen) atoms. The second-order valence-electron chi connectivity index (χ2n) is 6.81. The lowest BCUT2D eigenvalue weighted by Crippen LogP contribution is -2.48. The van der Waals surface area contributed by atoms with E-state index in [1.165, 1.54) is 11.0 Å². The van der Waals surface area contributed by atoms with Crippen molar-refractivity contribution in [3.05, 3.63) is 33.8 Å². The minimum absolute atomic E-state index is 0.0275. The summed E-state index contributed by atoms with van der Waals surface area (Å²) in [6.45, 7) is 0.576. The molecule has 1 aromatic rings. The van der Waals surface area contributed by atoms with Gasteiger partial charge in [0, 0.05) is 24.7 Å². The van der Waals surface area contributed by atoms with Crippen LogP contribution in [0.4, 0.5) is 0 Å². The van der Waals surface area contributed by atoms with E-state index in [9.17, 15) is 14.4 Å². The van der Waals surface area contributed by atoms with Gasteiger partial charge in [-0.15, -0.1) is 0 Å². The molecule has 1 aliphatic carbocycles. The molecule has 3 rings (SSSR count). The van der Waals surface area contributed by atoms with Gasteiger partial charge in [-0.05, 0) is 43.9 Å². The van der Waals surface area contributed by atoms with Crippen molar-refractivity contribution in [1.82, 2.24) is 9.80 Å². The molecule has 1 atom stereocenters. The second-order valence-corrected chi connectivity index (χ2v) is 7.62. The van der Waals surface area contributed by atoms with Crippen LogP contribution in [0.3, 0.4) is 0 Å². The van der Waals surface area contributed by atoms with E-state index in [1.807, 2.05) is 0 Å². The molecular formula is C18H20Cl2N2O4. The number of carbonyl (C=O) groups is 3. The van der Waals surface area contributed by atoms with Gasteiger partial charge in [-0.1, -0.05) is 23.2 Å². The first-order chi connectivity index (χ1) is 12.4. The number of carbonyl (C=O) groups excluding carboxylic acids is 2. The molecule has 1 aliphatic heterocycles. The third kappa shape index (κ3) is 4.30. The van der Waals surface area contributed by atoms with E-state index in [1.54, 1.807) is 17.0 Å². The molecule has 1 N–H and O–H groups in total. The zero-order valence-electron chi connectivity index (χ0n) is 14.2. The number of aliphatic carboxylic acids is 1. The van der Waals surface area contributed by atoms with Crippen LogP contribution in [0.2, 0.25) is 10.0 Å². The van der Waals surface area contributed by atoms with Gasteiger partial charge in [0.25, 0.3) is 5.91 Å². The van der Waals surface area contributed by atoms with Gasteiger partial charge in [-0.3, -0.25) is 14.4 Å². The standard InChI is InChI=1S/C18H20Cl2N2O4/c19-14-6-3-11(8-15(14)20)17(25)21-7-1-2-12(9-21)18(26)22(10-16(23)24)13-4-5-13/h3,6,8,12-13H,1-2,4-5,7,9-10H2,(H,23,24). The van der Waals surface area contributed by atoms with Crippen molar-refractivity contribution in [2.75, 3.05) is 19.6 Å². The first kappa shape index (κ1) is 19.0. The normalized spacial score (nSPS) is 19.9. The molecule has 8 heteroatoms. The lowest BCUT2D eigenvalue weighted by Gasteiger charge is -2.34. The van der Waals surface area contributed by atoms with E-state index in [0.717, 1.165) is 12.8 Å². The van der Waals surface area contributed by atoms with Crippen molar-refractivity contribution in [1.29, 1.82) is 0 Å². The number of hydrogen-bond donors (Lipinski definition) is 1. The summed E-state index contributed by atoms with van der Waals surface area (Å²) in [4.78, 5) is 39.7. The SMILES string of the molecule is O=C(O)CN(C(=O)C1CCCN(C(=O)c2ccc(Cl)c(Cl)c2)C1)C1CC1. The van der Waals surface area contributed by atoms with E-state index in [0.29, 0.717) is 41.5 Å². The van der Waals surface area contributed by atoms with Crippen molar-refractivity contribution in [2.24, 2.45) is 5.92 Å². The molecule has 1 saturated heterocycles. The van der Waals surface area contributed by atoms with Gasteiger partial charge < -0.3 is 14.9 Å². The Labute approximate surface area is 161 Å². The fourth-order valence-electron chi connectivity index (χ4n) is 3.33. The van der Waals surface area contributed by atoms with Crippen molar-refractivity contribution in [3.63, 3.8) is 0 Å². The Morgan fingerprint density at radius 2 is 1.88 bits per heavy atom. The molecule has 1 aromatic carbocycles. The van der Waals surface area contributed by atoms with E-state index in [4.69, 9.17) is 28.3 Å². The second kappa shape index (κ2) is 7.84. The van der Waals surface area contributed by atoms with Crippen LogP contribution < -0.4 is 0 Å². The third-order valence-electron chi connectivity index (χ3n) is 4.80. The molecule has 0 radical (unpaired) electrons. The fraction of sp³-hybridized carbons (Fsp3) is 0.500. The van der Waals surface area contributed by atoms with Crippen LogP contribution in [-0.2, 0) is 9.59 Å². The number of amides is 2. The molecule has 2 amide bonds. The number of nitrogens with zero attached hydrogens (tertiary/aromatic N) is 2. The highest BCUT2D eigenvalue weighted by molar-refractivity contribution is 6.42. The quantitative estimate of drug-likeness (QED) is 0.826. The molecule has 0 spiro atoms. The number of carboxylic acids is 1. The predicted molar refractivity (Wildman–Crippen MR) is 97.5 cm³/mol. The summed E-state index contributed by atoms with van der Waals surface area (Å²) in [5.41, 5.74) is 0.428. The minimum Gasteiger partial charge on any atom is -0.480 e. The van der Waals surface area contributed by atoms with Crippen molar-refractivity contribution in [2.45, 2.75) is 31.7 Å². The molecule has 1 saturated carbocycles. The highest BCUT2D eigenvalue weighted by atomic mass is 35.5. The summed E-state index contributed by atoms with van der Waals surface area (Å²) >= 11 is 11.9. The summed E-state index contributed by atoms with van der Waals surface area (Å²) in [5.74, 6) is -1.74. The molecule has 140 valence electrons. The molecule has 1 heterocycles. The van der Waals surface area contributed by atoms with E-state index >= 15 is 0 Å². The maximum Gasteiger partial charge on any atom is 0.323 e. The molecule has 6 nitrogen and oxygen atoms in total. The molecule has 0 aromatic heterocycles. The van der Waals surface area contributed by atoms with E-state index < -0.39 is 5.97 Å². The maximum absolute atomic E-state index is 12.8. The molecular weight excluding hydrogens is 379 g/mol. The fourth-order valence-corrected chi connectivity index (χ4v) is 3.63. The number of halogens is 2. The summed E-state index contributed by atoms with van der Waals surface area (Å²) < 4.78 is 0. The number of rotatable bonds is 5. The topological polar surface area (TPSA) is 77.9 Å². The minimum atomic E-state index is -1.01. The summed E-state index contributed by atoms with van der Waals surface area (Å²) in [5, 5.41) is 9.75. The van der Waals surface area contributed by atoms with Crippen LogP contribution >= 0.6 is 23.2 Å². The Hall–Kier alpha value is -1.79. The Bertz CT molecular complexity index is 736. The monoisotopic (exact) mass is 398 g/mol. The van der Waals surface area contributed by atoms with Gasteiger partial charge in [-0.25, -0.2) is 0 Å². The predicted octanol–water partition coefficient (Wildman–Crippen LogP) is 2.92.